The van der Waals surface area contributed by atoms with Crippen LogP contribution in [-0.2, 0) is 0 Å². The second-order valence-corrected chi connectivity index (χ2v) is 10.3. The highest BCUT2D eigenvalue weighted by Crippen LogP contribution is 2.55. The first-order valence-electron chi connectivity index (χ1n) is 12.8. The molecule has 4 aromatic carbocycles. The zero-order valence-corrected chi connectivity index (χ0v) is 21.8. The van der Waals surface area contributed by atoms with Crippen LogP contribution in [0, 0.1) is 0 Å². The first-order chi connectivity index (χ1) is 20.4. The van der Waals surface area contributed by atoms with Gasteiger partial charge in [-0.1, -0.05) is 6.07 Å². The third-order valence-corrected chi connectivity index (χ3v) is 7.64. The van der Waals surface area contributed by atoms with Crippen LogP contribution in [0.25, 0.3) is 0 Å². The Labute approximate surface area is 241 Å². The number of aromatic hydroxyl groups is 8. The molecular formula is C30H24O13. The van der Waals surface area contributed by atoms with Gasteiger partial charge in [-0.3, -0.25) is 4.79 Å². The van der Waals surface area contributed by atoms with Crippen LogP contribution in [0.3, 0.4) is 0 Å². The van der Waals surface area contributed by atoms with Crippen LogP contribution in [0.1, 0.15) is 50.7 Å². The summed E-state index contributed by atoms with van der Waals surface area (Å²) in [6.45, 7) is 0. The van der Waals surface area contributed by atoms with E-state index in [1.165, 1.54) is 30.3 Å². The Morgan fingerprint density at radius 2 is 1.16 bits per heavy atom. The summed E-state index contributed by atoms with van der Waals surface area (Å²) in [6, 6.07) is 10.4. The SMILES string of the molecule is O=C1c2ccc(O)cc2OC(c2cc(O)c(O)c(O)c2C2c3ccc(O)cc3OC(c3cc(O)c(O)c(O)c3)C2O)C1O. The molecule has 13 nitrogen and oxygen atoms in total. The lowest BCUT2D eigenvalue weighted by Crippen LogP contribution is -2.39. The fourth-order valence-corrected chi connectivity index (χ4v) is 5.61. The number of phenols is 8. The van der Waals surface area contributed by atoms with Gasteiger partial charge < -0.3 is 60.5 Å². The molecule has 0 bridgehead atoms. The van der Waals surface area contributed by atoms with Crippen molar-refractivity contribution in [2.24, 2.45) is 0 Å². The van der Waals surface area contributed by atoms with E-state index in [-0.39, 0.29) is 50.8 Å². The second-order valence-electron chi connectivity index (χ2n) is 10.3. The van der Waals surface area contributed by atoms with Crippen molar-refractivity contribution in [1.82, 2.24) is 0 Å². The van der Waals surface area contributed by atoms with Crippen LogP contribution in [0.5, 0.6) is 57.5 Å². The molecule has 0 fully saturated rings. The molecule has 0 saturated carbocycles. The first kappa shape index (κ1) is 27.6. The minimum Gasteiger partial charge on any atom is -0.508 e. The van der Waals surface area contributed by atoms with Gasteiger partial charge in [0.05, 0.1) is 5.56 Å². The molecule has 0 aliphatic carbocycles. The topological polar surface area (TPSA) is 238 Å². The summed E-state index contributed by atoms with van der Waals surface area (Å²) in [5.74, 6) is -7.98. The number of ether oxygens (including phenoxy) is 2. The summed E-state index contributed by atoms with van der Waals surface area (Å²) in [7, 11) is 0. The van der Waals surface area contributed by atoms with Gasteiger partial charge >= 0.3 is 0 Å². The Morgan fingerprint density at radius 3 is 1.84 bits per heavy atom. The summed E-state index contributed by atoms with van der Waals surface area (Å²) >= 11 is 0. The summed E-state index contributed by atoms with van der Waals surface area (Å²) < 4.78 is 11.8. The largest absolute Gasteiger partial charge is 0.508 e. The predicted molar refractivity (Wildman–Crippen MR) is 144 cm³/mol. The molecule has 43 heavy (non-hydrogen) atoms. The van der Waals surface area contributed by atoms with E-state index in [4.69, 9.17) is 9.47 Å². The summed E-state index contributed by atoms with van der Waals surface area (Å²) in [6.07, 6.45) is -6.71. The number of phenolic OH excluding ortho intramolecular Hbond substituents is 8. The average molecular weight is 593 g/mol. The number of ketones is 1. The van der Waals surface area contributed by atoms with Crippen molar-refractivity contribution >= 4 is 5.78 Å². The molecule has 5 atom stereocenters. The number of carbonyl (C=O) groups is 1. The molecule has 4 aromatic rings. The molecule has 0 spiro atoms. The van der Waals surface area contributed by atoms with Gasteiger partial charge in [0, 0.05) is 40.3 Å². The molecule has 2 heterocycles. The Balaban J connectivity index is 1.58. The quantitative estimate of drug-likeness (QED) is 0.154. The third-order valence-electron chi connectivity index (χ3n) is 7.64. The van der Waals surface area contributed by atoms with Crippen LogP contribution in [0.2, 0.25) is 0 Å². The van der Waals surface area contributed by atoms with Gasteiger partial charge in [0.25, 0.3) is 0 Å². The minimum absolute atomic E-state index is 0.0401. The van der Waals surface area contributed by atoms with Crippen LogP contribution in [0.15, 0.2) is 54.6 Å². The molecule has 0 radical (unpaired) electrons. The smallest absolute Gasteiger partial charge is 0.200 e. The molecule has 222 valence electrons. The molecular weight excluding hydrogens is 568 g/mol. The van der Waals surface area contributed by atoms with Crippen LogP contribution in [0.4, 0.5) is 0 Å². The molecule has 6 rings (SSSR count). The highest BCUT2D eigenvalue weighted by molar-refractivity contribution is 6.03. The van der Waals surface area contributed by atoms with E-state index in [2.05, 4.69) is 0 Å². The maximum absolute atomic E-state index is 13.1. The zero-order chi connectivity index (χ0) is 30.9. The number of carbonyl (C=O) groups excluding carboxylic acids is 1. The molecule has 0 amide bonds. The Morgan fingerprint density at radius 1 is 0.581 bits per heavy atom. The first-order valence-corrected chi connectivity index (χ1v) is 12.8. The molecule has 2 aliphatic heterocycles. The van der Waals surface area contributed by atoms with E-state index in [1.54, 1.807) is 0 Å². The molecule has 0 saturated heterocycles. The number of hydrogen-bond donors (Lipinski definition) is 10. The number of aliphatic hydroxyl groups is 2. The van der Waals surface area contributed by atoms with Crippen LogP contribution < -0.4 is 9.47 Å². The molecule has 5 unspecified atom stereocenters. The van der Waals surface area contributed by atoms with E-state index >= 15 is 0 Å². The van der Waals surface area contributed by atoms with Gasteiger partial charge in [0.1, 0.15) is 29.1 Å². The second kappa shape index (κ2) is 9.79. The lowest BCUT2D eigenvalue weighted by molar-refractivity contribution is 0.00465. The van der Waals surface area contributed by atoms with Crippen molar-refractivity contribution < 1.29 is 65.3 Å². The van der Waals surface area contributed by atoms with E-state index in [1.807, 2.05) is 0 Å². The number of fused-ring (bicyclic) bond motifs is 2. The fraction of sp³-hybridized carbons (Fsp3) is 0.167. The average Bonchev–Trinajstić information content (AvgIpc) is 2.96. The van der Waals surface area contributed by atoms with Crippen LogP contribution >= 0.6 is 0 Å². The van der Waals surface area contributed by atoms with Crippen LogP contribution in [-0.4, -0.2) is 69.1 Å². The lowest BCUT2D eigenvalue weighted by Gasteiger charge is -2.39. The standard InChI is InChI=1S/C30H24O13/c31-11-1-3-13-19(7-11)42-29(10-5-16(33)24(37)17(34)6-10)27(40)21(13)22-15(9-18(35)25(38)26(22)39)30-28(41)23(36)14-4-2-12(32)8-20(14)43-30/h1-9,21,27-35,37-41H. The Bertz CT molecular complexity index is 1780. The number of rotatable bonds is 3. The molecule has 10 N–H and O–H groups in total. The number of aliphatic hydroxyl groups excluding tert-OH is 2. The highest BCUT2D eigenvalue weighted by atomic mass is 16.5. The van der Waals surface area contributed by atoms with Crippen molar-refractivity contribution in [1.29, 1.82) is 0 Å². The highest BCUT2D eigenvalue weighted by Gasteiger charge is 2.46. The summed E-state index contributed by atoms with van der Waals surface area (Å²) in [5.41, 5.74) is -0.491. The predicted octanol–water partition coefficient (Wildman–Crippen LogP) is 2.64. The van der Waals surface area contributed by atoms with Crippen molar-refractivity contribution in [3.05, 3.63) is 82.4 Å². The van der Waals surface area contributed by atoms with Crippen molar-refractivity contribution in [2.75, 3.05) is 0 Å². The molecule has 0 aromatic heterocycles. The van der Waals surface area contributed by atoms with E-state index in [9.17, 15) is 55.9 Å². The lowest BCUT2D eigenvalue weighted by atomic mass is 9.76. The monoisotopic (exact) mass is 592 g/mol. The molecule has 2 aliphatic rings. The van der Waals surface area contributed by atoms with Gasteiger partial charge in [-0.15, -0.1) is 0 Å². The van der Waals surface area contributed by atoms with Gasteiger partial charge in [-0.25, -0.2) is 0 Å². The van der Waals surface area contributed by atoms with Gasteiger partial charge in [-0.2, -0.15) is 0 Å². The van der Waals surface area contributed by atoms with E-state index < -0.39 is 70.6 Å². The Kier molecular flexibility index (Phi) is 6.29. The minimum atomic E-state index is -1.91. The van der Waals surface area contributed by atoms with Gasteiger partial charge in [-0.05, 0) is 36.4 Å². The number of hydrogen-bond acceptors (Lipinski definition) is 13. The maximum Gasteiger partial charge on any atom is 0.200 e. The van der Waals surface area contributed by atoms with Crippen molar-refractivity contribution in [3.8, 4) is 57.5 Å². The number of benzene rings is 4. The zero-order valence-electron chi connectivity index (χ0n) is 21.8. The third kappa shape index (κ3) is 4.29. The fourth-order valence-electron chi connectivity index (χ4n) is 5.61. The molecule has 13 heteroatoms. The van der Waals surface area contributed by atoms with E-state index in [0.29, 0.717) is 0 Å². The number of Topliss-reactive ketones (excluding diaryl/α,β-unsaturated/α-hetero) is 1. The summed E-state index contributed by atoms with van der Waals surface area (Å²) in [4.78, 5) is 13.1. The van der Waals surface area contributed by atoms with Gasteiger partial charge in [0.2, 0.25) is 5.75 Å². The van der Waals surface area contributed by atoms with Crippen molar-refractivity contribution in [2.45, 2.75) is 30.3 Å². The Hall–Kier alpha value is -5.53. The van der Waals surface area contributed by atoms with Crippen molar-refractivity contribution in [3.63, 3.8) is 0 Å². The maximum atomic E-state index is 13.1. The normalized spacial score (nSPS) is 22.7. The summed E-state index contributed by atoms with van der Waals surface area (Å²) in [5, 5.41) is 105. The van der Waals surface area contributed by atoms with Gasteiger partial charge in [0.15, 0.2) is 52.8 Å². The van der Waals surface area contributed by atoms with E-state index in [0.717, 1.165) is 24.3 Å².